The molecule has 0 aliphatic heterocycles. The Kier molecular flexibility index (Phi) is 3.38. The number of allylic oxidation sites excluding steroid dienone is 1. The zero-order valence-corrected chi connectivity index (χ0v) is 13.6. The number of aliphatic carboxylic acids is 1. The molecule has 3 rings (SSSR count). The molecule has 0 amide bonds. The molecule has 2 nitrogen and oxygen atoms in total. The molecule has 0 radical (unpaired) electrons. The molecule has 0 heterocycles. The van der Waals surface area contributed by atoms with Gasteiger partial charge in [0.1, 0.15) is 0 Å². The number of hydrogen-bond acceptors (Lipinski definition) is 1. The quantitative estimate of drug-likeness (QED) is 0.840. The van der Waals surface area contributed by atoms with Crippen LogP contribution in [0.2, 0.25) is 5.02 Å². The third kappa shape index (κ3) is 2.39. The molecule has 0 bridgehead atoms. The molecular formula is C17H18Cl2O2. The van der Waals surface area contributed by atoms with Crippen LogP contribution in [0.5, 0.6) is 0 Å². The van der Waals surface area contributed by atoms with Gasteiger partial charge >= 0.3 is 5.97 Å². The molecule has 21 heavy (non-hydrogen) atoms. The molecular weight excluding hydrogens is 307 g/mol. The lowest BCUT2D eigenvalue weighted by atomic mass is 9.94. The van der Waals surface area contributed by atoms with Crippen molar-refractivity contribution in [2.45, 2.75) is 26.7 Å². The molecule has 2 aliphatic carbocycles. The molecule has 0 saturated heterocycles. The van der Waals surface area contributed by atoms with Crippen LogP contribution in [-0.4, -0.2) is 11.1 Å². The highest BCUT2D eigenvalue weighted by atomic mass is 35.5. The minimum atomic E-state index is -0.654. The second-order valence-corrected chi connectivity index (χ2v) is 7.65. The molecule has 2 saturated carbocycles. The van der Waals surface area contributed by atoms with Crippen LogP contribution in [0.4, 0.5) is 0 Å². The van der Waals surface area contributed by atoms with Crippen LogP contribution >= 0.6 is 23.2 Å². The lowest BCUT2D eigenvalue weighted by molar-refractivity contribution is -0.144. The van der Waals surface area contributed by atoms with Crippen LogP contribution in [0.25, 0.3) is 5.03 Å². The highest BCUT2D eigenvalue weighted by molar-refractivity contribution is 6.48. The van der Waals surface area contributed by atoms with E-state index in [-0.39, 0.29) is 17.3 Å². The smallest absolute Gasteiger partial charge is 0.309 e. The van der Waals surface area contributed by atoms with Crippen LogP contribution in [-0.2, 0) is 4.79 Å². The van der Waals surface area contributed by atoms with Gasteiger partial charge in [0.05, 0.1) is 5.41 Å². The van der Waals surface area contributed by atoms with Crippen LogP contribution in [0.15, 0.2) is 30.3 Å². The number of benzene rings is 1. The summed E-state index contributed by atoms with van der Waals surface area (Å²) in [4.78, 5) is 11.5. The Bertz CT molecular complexity index is 612. The van der Waals surface area contributed by atoms with Gasteiger partial charge in [0.25, 0.3) is 0 Å². The normalized spacial score (nSPS) is 29.0. The first-order valence-electron chi connectivity index (χ1n) is 7.16. The van der Waals surface area contributed by atoms with Gasteiger partial charge in [0.15, 0.2) is 0 Å². The van der Waals surface area contributed by atoms with E-state index in [0.29, 0.717) is 10.1 Å². The fourth-order valence-electron chi connectivity index (χ4n) is 3.70. The Balaban J connectivity index is 1.83. The third-order valence-corrected chi connectivity index (χ3v) is 5.76. The van der Waals surface area contributed by atoms with Crippen molar-refractivity contribution in [1.29, 1.82) is 0 Å². The molecule has 1 aromatic rings. The number of carbonyl (C=O) groups is 1. The van der Waals surface area contributed by atoms with Gasteiger partial charge in [-0.15, -0.1) is 0 Å². The highest BCUT2D eigenvalue weighted by Crippen LogP contribution is 2.74. The van der Waals surface area contributed by atoms with Crippen LogP contribution < -0.4 is 0 Å². The summed E-state index contributed by atoms with van der Waals surface area (Å²) >= 11 is 12.3. The van der Waals surface area contributed by atoms with Crippen LogP contribution in [0, 0.1) is 22.7 Å². The second kappa shape index (κ2) is 4.76. The summed E-state index contributed by atoms with van der Waals surface area (Å²) in [5.74, 6) is -0.248. The van der Waals surface area contributed by atoms with Gasteiger partial charge in [0, 0.05) is 10.1 Å². The molecule has 4 heteroatoms. The van der Waals surface area contributed by atoms with Gasteiger partial charge in [-0.2, -0.15) is 0 Å². The van der Waals surface area contributed by atoms with Crippen LogP contribution in [0.3, 0.4) is 0 Å². The number of carboxylic acid groups (broad SMARTS) is 1. The van der Waals surface area contributed by atoms with E-state index >= 15 is 0 Å². The summed E-state index contributed by atoms with van der Waals surface area (Å²) in [5, 5.41) is 10.8. The Hall–Kier alpha value is -0.990. The van der Waals surface area contributed by atoms with E-state index in [9.17, 15) is 9.90 Å². The van der Waals surface area contributed by atoms with Crippen molar-refractivity contribution in [3.8, 4) is 0 Å². The van der Waals surface area contributed by atoms with E-state index in [1.54, 1.807) is 0 Å². The average molecular weight is 325 g/mol. The molecule has 2 atom stereocenters. The van der Waals surface area contributed by atoms with E-state index in [2.05, 4.69) is 13.8 Å². The van der Waals surface area contributed by atoms with Gasteiger partial charge in [-0.1, -0.05) is 55.3 Å². The zero-order valence-electron chi connectivity index (χ0n) is 12.1. The van der Waals surface area contributed by atoms with E-state index < -0.39 is 11.4 Å². The first-order valence-corrected chi connectivity index (χ1v) is 7.91. The number of hydrogen-bond donors (Lipinski definition) is 1. The van der Waals surface area contributed by atoms with Gasteiger partial charge in [-0.05, 0) is 47.8 Å². The molecule has 1 N–H and O–H groups in total. The topological polar surface area (TPSA) is 37.3 Å². The maximum atomic E-state index is 11.5. The Labute approximate surface area is 134 Å². The van der Waals surface area contributed by atoms with Crippen molar-refractivity contribution in [1.82, 2.24) is 0 Å². The summed E-state index contributed by atoms with van der Waals surface area (Å²) in [6.07, 6.45) is 3.61. The largest absolute Gasteiger partial charge is 0.481 e. The van der Waals surface area contributed by atoms with Crippen molar-refractivity contribution in [3.05, 3.63) is 40.9 Å². The SMILES string of the molecule is CC1(C)C(C=C(Cl)c2ccc(Cl)cc2)C1C1(C(=O)O)CC1. The first kappa shape index (κ1) is 14.9. The van der Waals surface area contributed by atoms with E-state index in [1.165, 1.54) is 0 Å². The monoisotopic (exact) mass is 324 g/mol. The van der Waals surface area contributed by atoms with Crippen molar-refractivity contribution >= 4 is 34.2 Å². The summed E-state index contributed by atoms with van der Waals surface area (Å²) in [6, 6.07) is 7.38. The van der Waals surface area contributed by atoms with Crippen molar-refractivity contribution in [2.75, 3.05) is 0 Å². The van der Waals surface area contributed by atoms with Gasteiger partial charge in [0.2, 0.25) is 0 Å². The Morgan fingerprint density at radius 3 is 2.33 bits per heavy atom. The lowest BCUT2D eigenvalue weighted by Gasteiger charge is -2.10. The second-order valence-electron chi connectivity index (χ2n) is 6.81. The molecule has 1 aromatic carbocycles. The number of halogens is 2. The summed E-state index contributed by atoms with van der Waals surface area (Å²) in [7, 11) is 0. The lowest BCUT2D eigenvalue weighted by Crippen LogP contribution is -2.19. The maximum Gasteiger partial charge on any atom is 0.309 e. The van der Waals surface area contributed by atoms with E-state index in [0.717, 1.165) is 18.4 Å². The molecule has 112 valence electrons. The molecule has 0 aromatic heterocycles. The third-order valence-electron chi connectivity index (χ3n) is 5.17. The maximum absolute atomic E-state index is 11.5. The summed E-state index contributed by atoms with van der Waals surface area (Å²) in [6.45, 7) is 4.27. The van der Waals surface area contributed by atoms with Crippen molar-refractivity contribution in [2.24, 2.45) is 22.7 Å². The molecule has 2 fully saturated rings. The minimum Gasteiger partial charge on any atom is -0.481 e. The van der Waals surface area contributed by atoms with Crippen molar-refractivity contribution < 1.29 is 9.90 Å². The zero-order chi connectivity index (χ0) is 15.4. The standard InChI is InChI=1S/C17H18Cl2O2/c1-16(2)12(14(16)17(7-8-17)15(20)21)9-13(19)10-3-5-11(18)6-4-10/h3-6,9,12,14H,7-8H2,1-2H3,(H,20,21). The number of rotatable bonds is 4. The fourth-order valence-corrected chi connectivity index (χ4v) is 4.09. The molecule has 0 spiro atoms. The Morgan fingerprint density at radius 2 is 1.86 bits per heavy atom. The minimum absolute atomic E-state index is 0.00144. The van der Waals surface area contributed by atoms with Gasteiger partial charge in [-0.25, -0.2) is 0 Å². The van der Waals surface area contributed by atoms with E-state index in [1.807, 2.05) is 30.3 Å². The summed E-state index contributed by atoms with van der Waals surface area (Å²) < 4.78 is 0. The summed E-state index contributed by atoms with van der Waals surface area (Å²) in [5.41, 5.74) is 0.409. The van der Waals surface area contributed by atoms with Crippen LogP contribution in [0.1, 0.15) is 32.3 Å². The predicted octanol–water partition coefficient (Wildman–Crippen LogP) is 5.06. The predicted molar refractivity (Wildman–Crippen MR) is 85.3 cm³/mol. The Morgan fingerprint density at radius 1 is 1.29 bits per heavy atom. The van der Waals surface area contributed by atoms with Crippen molar-refractivity contribution in [3.63, 3.8) is 0 Å². The first-order chi connectivity index (χ1) is 9.79. The molecule has 2 unspecified atom stereocenters. The van der Waals surface area contributed by atoms with Gasteiger partial charge < -0.3 is 5.11 Å². The van der Waals surface area contributed by atoms with Gasteiger partial charge in [-0.3, -0.25) is 4.79 Å². The highest BCUT2D eigenvalue weighted by Gasteiger charge is 2.72. The number of carboxylic acids is 1. The average Bonchev–Trinajstić information content (AvgIpc) is 3.28. The fraction of sp³-hybridized carbons (Fsp3) is 0.471. The van der Waals surface area contributed by atoms with E-state index in [4.69, 9.17) is 23.2 Å². The molecule has 2 aliphatic rings.